The Balaban J connectivity index is 0.00000243. The number of aryl methyl sites for hydroxylation is 2. The average molecular weight is 377 g/mol. The molecule has 1 heterocycles. The molecule has 2 aromatic rings. The van der Waals surface area contributed by atoms with Gasteiger partial charge in [0.15, 0.2) is 5.69 Å². The van der Waals surface area contributed by atoms with Crippen LogP contribution in [0.25, 0.3) is 5.69 Å². The van der Waals surface area contributed by atoms with E-state index in [1.165, 1.54) is 16.8 Å². The maximum Gasteiger partial charge on any atom is 0.272 e. The van der Waals surface area contributed by atoms with Gasteiger partial charge < -0.3 is 10.6 Å². The number of carbonyl (C=O) groups is 1. The molecule has 0 bridgehead atoms. The van der Waals surface area contributed by atoms with E-state index in [-0.39, 0.29) is 18.3 Å². The molecule has 1 aromatic carbocycles. The van der Waals surface area contributed by atoms with Gasteiger partial charge in [-0.2, -0.15) is 5.10 Å². The summed E-state index contributed by atoms with van der Waals surface area (Å²) in [5, 5.41) is 11.0. The molecule has 0 saturated carbocycles. The highest BCUT2D eigenvalue weighted by molar-refractivity contribution is 5.94. The summed E-state index contributed by atoms with van der Waals surface area (Å²) in [5.74, 6) is -0.0556. The molecule has 1 aromatic heterocycles. The van der Waals surface area contributed by atoms with Gasteiger partial charge in [-0.25, -0.2) is 4.68 Å². The van der Waals surface area contributed by atoms with Crippen molar-refractivity contribution in [2.75, 3.05) is 19.6 Å². The van der Waals surface area contributed by atoms with Gasteiger partial charge in [0.25, 0.3) is 5.91 Å². The fourth-order valence-corrected chi connectivity index (χ4v) is 3.51. The predicted molar refractivity (Wildman–Crippen MR) is 108 cm³/mol. The minimum absolute atomic E-state index is 0. The smallest absolute Gasteiger partial charge is 0.272 e. The van der Waals surface area contributed by atoms with Crippen LogP contribution in [-0.4, -0.2) is 35.3 Å². The van der Waals surface area contributed by atoms with Crippen LogP contribution in [0.5, 0.6) is 0 Å². The second-order valence-corrected chi connectivity index (χ2v) is 6.84. The molecule has 0 atom stereocenters. The van der Waals surface area contributed by atoms with E-state index in [9.17, 15) is 4.79 Å². The highest BCUT2D eigenvalue weighted by Gasteiger charge is 2.27. The fraction of sp³-hybridized carbons (Fsp3) is 0.500. The van der Waals surface area contributed by atoms with Gasteiger partial charge in [-0.3, -0.25) is 4.79 Å². The second kappa shape index (κ2) is 9.19. The first-order valence-corrected chi connectivity index (χ1v) is 9.29. The van der Waals surface area contributed by atoms with E-state index in [2.05, 4.69) is 49.6 Å². The Bertz CT molecular complexity index is 769. The molecule has 1 amide bonds. The molecule has 2 N–H and O–H groups in total. The summed E-state index contributed by atoms with van der Waals surface area (Å²) in [5.41, 5.74) is 6.42. The maximum atomic E-state index is 12.6. The van der Waals surface area contributed by atoms with Crippen LogP contribution < -0.4 is 10.6 Å². The standard InChI is InChI=1S/C20H28N4O.ClH/c1-4-10-21-11-12-22-20(25)19-16-6-5-7-18(16)24(23-19)17-9-8-14(2)13-15(17)3;/h8-9,13,21H,4-7,10-12H2,1-3H3,(H,22,25);1H. The molecule has 0 unspecified atom stereocenters. The number of hydrogen-bond acceptors (Lipinski definition) is 3. The lowest BCUT2D eigenvalue weighted by molar-refractivity contribution is 0.0947. The number of aromatic nitrogens is 2. The lowest BCUT2D eigenvalue weighted by Crippen LogP contribution is -2.32. The summed E-state index contributed by atoms with van der Waals surface area (Å²) < 4.78 is 1.99. The van der Waals surface area contributed by atoms with E-state index in [0.29, 0.717) is 12.2 Å². The topological polar surface area (TPSA) is 58.9 Å². The largest absolute Gasteiger partial charge is 0.349 e. The van der Waals surface area contributed by atoms with Gasteiger partial charge >= 0.3 is 0 Å². The highest BCUT2D eigenvalue weighted by Crippen LogP contribution is 2.29. The second-order valence-electron chi connectivity index (χ2n) is 6.84. The van der Waals surface area contributed by atoms with Gasteiger partial charge in [0.1, 0.15) is 0 Å². The van der Waals surface area contributed by atoms with Crippen molar-refractivity contribution in [2.45, 2.75) is 46.5 Å². The van der Waals surface area contributed by atoms with Crippen LogP contribution in [0.3, 0.4) is 0 Å². The molecule has 0 saturated heterocycles. The van der Waals surface area contributed by atoms with Crippen LogP contribution in [0, 0.1) is 13.8 Å². The van der Waals surface area contributed by atoms with Crippen LogP contribution in [0.4, 0.5) is 0 Å². The zero-order chi connectivity index (χ0) is 17.8. The zero-order valence-corrected chi connectivity index (χ0v) is 16.7. The van der Waals surface area contributed by atoms with Crippen LogP contribution in [0.1, 0.15) is 52.6 Å². The molecule has 0 spiro atoms. The summed E-state index contributed by atoms with van der Waals surface area (Å²) in [6, 6.07) is 6.37. The van der Waals surface area contributed by atoms with Crippen LogP contribution in [0.2, 0.25) is 0 Å². The molecular formula is C20H29ClN4O. The maximum absolute atomic E-state index is 12.6. The molecule has 0 aliphatic heterocycles. The van der Waals surface area contributed by atoms with E-state index in [1.807, 2.05) is 4.68 Å². The zero-order valence-electron chi connectivity index (χ0n) is 15.9. The Morgan fingerprint density at radius 1 is 1.19 bits per heavy atom. The molecule has 0 radical (unpaired) electrons. The van der Waals surface area contributed by atoms with Crippen molar-refractivity contribution in [1.29, 1.82) is 0 Å². The monoisotopic (exact) mass is 376 g/mol. The third-order valence-corrected chi connectivity index (χ3v) is 4.74. The van der Waals surface area contributed by atoms with E-state index in [1.54, 1.807) is 0 Å². The Kier molecular flexibility index (Phi) is 7.23. The minimum Gasteiger partial charge on any atom is -0.349 e. The number of halogens is 1. The van der Waals surface area contributed by atoms with Crippen molar-refractivity contribution in [1.82, 2.24) is 20.4 Å². The van der Waals surface area contributed by atoms with Crippen LogP contribution in [-0.2, 0) is 12.8 Å². The predicted octanol–water partition coefficient (Wildman–Crippen LogP) is 3.13. The van der Waals surface area contributed by atoms with Crippen molar-refractivity contribution in [2.24, 2.45) is 0 Å². The van der Waals surface area contributed by atoms with Gasteiger partial charge in [-0.1, -0.05) is 24.6 Å². The Morgan fingerprint density at radius 3 is 2.73 bits per heavy atom. The first kappa shape index (κ1) is 20.5. The Labute approximate surface area is 162 Å². The van der Waals surface area contributed by atoms with Gasteiger partial charge in [0.2, 0.25) is 0 Å². The highest BCUT2D eigenvalue weighted by atomic mass is 35.5. The van der Waals surface area contributed by atoms with Gasteiger partial charge in [-0.05, 0) is 57.7 Å². The number of amides is 1. The molecule has 0 fully saturated rings. The Morgan fingerprint density at radius 2 is 2.00 bits per heavy atom. The van der Waals surface area contributed by atoms with Gasteiger partial charge in [0.05, 0.1) is 5.69 Å². The molecule has 142 valence electrons. The molecule has 1 aliphatic rings. The van der Waals surface area contributed by atoms with Crippen molar-refractivity contribution in [3.05, 3.63) is 46.3 Å². The Hall–Kier alpha value is -1.85. The van der Waals surface area contributed by atoms with Crippen molar-refractivity contribution in [3.8, 4) is 5.69 Å². The summed E-state index contributed by atoms with van der Waals surface area (Å²) in [4.78, 5) is 12.6. The number of nitrogens with one attached hydrogen (secondary N) is 2. The van der Waals surface area contributed by atoms with Crippen molar-refractivity contribution < 1.29 is 4.79 Å². The van der Waals surface area contributed by atoms with E-state index < -0.39 is 0 Å². The number of nitrogens with zero attached hydrogens (tertiary/aromatic N) is 2. The third-order valence-electron chi connectivity index (χ3n) is 4.74. The molecule has 5 nitrogen and oxygen atoms in total. The van der Waals surface area contributed by atoms with E-state index >= 15 is 0 Å². The quantitative estimate of drug-likeness (QED) is 0.730. The number of rotatable bonds is 7. The van der Waals surface area contributed by atoms with Crippen molar-refractivity contribution in [3.63, 3.8) is 0 Å². The van der Waals surface area contributed by atoms with Crippen LogP contribution >= 0.6 is 12.4 Å². The van der Waals surface area contributed by atoms with E-state index in [4.69, 9.17) is 5.10 Å². The molecular weight excluding hydrogens is 348 g/mol. The van der Waals surface area contributed by atoms with Crippen molar-refractivity contribution >= 4 is 18.3 Å². The summed E-state index contributed by atoms with van der Waals surface area (Å²) in [6.45, 7) is 8.73. The minimum atomic E-state index is -0.0556. The number of carbonyl (C=O) groups excluding carboxylic acids is 1. The lowest BCUT2D eigenvalue weighted by atomic mass is 10.1. The summed E-state index contributed by atoms with van der Waals surface area (Å²) in [6.07, 6.45) is 4.12. The number of hydrogen-bond donors (Lipinski definition) is 2. The third kappa shape index (κ3) is 4.27. The van der Waals surface area contributed by atoms with Gasteiger partial charge in [0, 0.05) is 24.3 Å². The molecule has 3 rings (SSSR count). The first-order chi connectivity index (χ1) is 12.1. The van der Waals surface area contributed by atoms with E-state index in [0.717, 1.165) is 50.0 Å². The average Bonchev–Trinajstić information content (AvgIpc) is 3.17. The van der Waals surface area contributed by atoms with Crippen LogP contribution in [0.15, 0.2) is 18.2 Å². The van der Waals surface area contributed by atoms with Gasteiger partial charge in [-0.15, -0.1) is 12.4 Å². The molecule has 1 aliphatic carbocycles. The lowest BCUT2D eigenvalue weighted by Gasteiger charge is -2.10. The molecule has 6 heteroatoms. The number of fused-ring (bicyclic) bond motifs is 1. The first-order valence-electron chi connectivity index (χ1n) is 9.29. The molecule has 26 heavy (non-hydrogen) atoms. The normalized spacial score (nSPS) is 12.6. The summed E-state index contributed by atoms with van der Waals surface area (Å²) in [7, 11) is 0. The SMILES string of the molecule is CCCNCCNC(=O)c1nn(-c2ccc(C)cc2C)c2c1CCC2.Cl. The number of benzene rings is 1. The fourth-order valence-electron chi connectivity index (χ4n) is 3.51. The summed E-state index contributed by atoms with van der Waals surface area (Å²) >= 11 is 0.